The van der Waals surface area contributed by atoms with E-state index in [2.05, 4.69) is 0 Å². The fourth-order valence-electron chi connectivity index (χ4n) is 3.05. The van der Waals surface area contributed by atoms with Gasteiger partial charge in [-0.05, 0) is 30.7 Å². The Bertz CT molecular complexity index is 1010. The van der Waals surface area contributed by atoms with Crippen molar-refractivity contribution in [3.8, 4) is 11.5 Å². The van der Waals surface area contributed by atoms with E-state index in [9.17, 15) is 4.79 Å². The van der Waals surface area contributed by atoms with Gasteiger partial charge in [-0.1, -0.05) is 30.0 Å². The molecular formula is C21H20N2O4S. The summed E-state index contributed by atoms with van der Waals surface area (Å²) in [7, 11) is 3.20. The summed E-state index contributed by atoms with van der Waals surface area (Å²) in [4.78, 5) is 19.5. The number of methoxy groups -OCH3 is 2. The fraction of sp³-hybridized carbons (Fsp3) is 0.238. The average Bonchev–Trinajstić information content (AvgIpc) is 3.18. The Labute approximate surface area is 167 Å². The molecule has 0 N–H and O–H groups in total. The molecule has 2 aromatic carbocycles. The number of para-hydroxylation sites is 1. The number of rotatable bonds is 4. The highest BCUT2D eigenvalue weighted by Crippen LogP contribution is 2.34. The number of fused-ring (bicyclic) bond motifs is 1. The first kappa shape index (κ1) is 18.4. The van der Waals surface area contributed by atoms with Gasteiger partial charge in [0.15, 0.2) is 10.9 Å². The van der Waals surface area contributed by atoms with Gasteiger partial charge in [0.1, 0.15) is 22.8 Å². The maximum atomic E-state index is 13.1. The molecule has 1 aliphatic rings. The van der Waals surface area contributed by atoms with Gasteiger partial charge in [-0.25, -0.2) is 4.99 Å². The van der Waals surface area contributed by atoms with Gasteiger partial charge in [0.2, 0.25) is 0 Å². The molecule has 0 saturated carbocycles. The van der Waals surface area contributed by atoms with E-state index >= 15 is 0 Å². The van der Waals surface area contributed by atoms with Crippen LogP contribution in [0.25, 0.3) is 11.0 Å². The monoisotopic (exact) mass is 396 g/mol. The third-order valence-corrected chi connectivity index (χ3v) is 5.53. The third kappa shape index (κ3) is 3.57. The Morgan fingerprint density at radius 3 is 2.79 bits per heavy atom. The number of carbonyl (C=O) groups excluding carboxylic acids is 1. The smallest absolute Gasteiger partial charge is 0.295 e. The Morgan fingerprint density at radius 1 is 1.14 bits per heavy atom. The number of amides is 1. The lowest BCUT2D eigenvalue weighted by Crippen LogP contribution is -2.39. The molecule has 1 aliphatic heterocycles. The zero-order valence-electron chi connectivity index (χ0n) is 15.7. The van der Waals surface area contributed by atoms with Crippen LogP contribution in [0, 0.1) is 0 Å². The Balaban J connectivity index is 1.70. The second-order valence-corrected chi connectivity index (χ2v) is 7.30. The van der Waals surface area contributed by atoms with Crippen molar-refractivity contribution in [2.24, 2.45) is 4.99 Å². The number of hydrogen-bond donors (Lipinski definition) is 0. The zero-order valence-corrected chi connectivity index (χ0v) is 16.5. The van der Waals surface area contributed by atoms with Crippen LogP contribution in [0.5, 0.6) is 11.5 Å². The molecule has 2 heterocycles. The first-order valence-corrected chi connectivity index (χ1v) is 9.92. The highest BCUT2D eigenvalue weighted by Gasteiger charge is 2.27. The van der Waals surface area contributed by atoms with Crippen LogP contribution < -0.4 is 9.47 Å². The molecule has 0 unspecified atom stereocenters. The lowest BCUT2D eigenvalue weighted by Gasteiger charge is -2.27. The summed E-state index contributed by atoms with van der Waals surface area (Å²) in [5.74, 6) is 2.32. The quantitative estimate of drug-likeness (QED) is 0.639. The molecule has 144 valence electrons. The van der Waals surface area contributed by atoms with Gasteiger partial charge in [0.05, 0.1) is 14.2 Å². The fourth-order valence-corrected chi connectivity index (χ4v) is 4.00. The van der Waals surface area contributed by atoms with Crippen molar-refractivity contribution in [1.82, 2.24) is 4.90 Å². The maximum absolute atomic E-state index is 13.1. The van der Waals surface area contributed by atoms with Crippen LogP contribution >= 0.6 is 11.8 Å². The molecule has 0 aliphatic carbocycles. The van der Waals surface area contributed by atoms with Crippen LogP contribution in [-0.2, 0) is 0 Å². The van der Waals surface area contributed by atoms with E-state index in [-0.39, 0.29) is 5.91 Å². The lowest BCUT2D eigenvalue weighted by molar-refractivity contribution is 0.0821. The SMILES string of the molecule is COc1ccc(OC)c(N=C2SCCCN2C(=O)c2cc3ccccc3o2)c1. The number of hydrogen-bond acceptors (Lipinski definition) is 6. The number of nitrogens with zero attached hydrogens (tertiary/aromatic N) is 2. The van der Waals surface area contributed by atoms with Crippen LogP contribution in [0.15, 0.2) is 57.9 Å². The minimum absolute atomic E-state index is 0.191. The van der Waals surface area contributed by atoms with Crippen molar-refractivity contribution in [1.29, 1.82) is 0 Å². The second kappa shape index (κ2) is 7.98. The van der Waals surface area contributed by atoms with E-state index in [1.165, 1.54) is 0 Å². The van der Waals surface area contributed by atoms with Gasteiger partial charge in [0.25, 0.3) is 5.91 Å². The van der Waals surface area contributed by atoms with Crippen molar-refractivity contribution < 1.29 is 18.7 Å². The Kier molecular flexibility index (Phi) is 5.25. The molecule has 0 radical (unpaired) electrons. The first-order valence-electron chi connectivity index (χ1n) is 8.93. The van der Waals surface area contributed by atoms with E-state index in [0.717, 1.165) is 17.6 Å². The van der Waals surface area contributed by atoms with E-state index in [0.29, 0.717) is 40.2 Å². The van der Waals surface area contributed by atoms with Crippen molar-refractivity contribution >= 4 is 39.5 Å². The molecule has 1 amide bonds. The molecule has 1 aromatic heterocycles. The number of carbonyl (C=O) groups is 1. The standard InChI is InChI=1S/C21H20N2O4S/c1-25-15-8-9-18(26-2)16(13-15)22-21-23(10-5-11-28-21)20(24)19-12-14-6-3-4-7-17(14)27-19/h3-4,6-9,12-13H,5,10-11H2,1-2H3. The van der Waals surface area contributed by atoms with Crippen LogP contribution in [0.2, 0.25) is 0 Å². The summed E-state index contributed by atoms with van der Waals surface area (Å²) in [5.41, 5.74) is 1.32. The predicted molar refractivity (Wildman–Crippen MR) is 111 cm³/mol. The van der Waals surface area contributed by atoms with E-state index in [1.54, 1.807) is 49.1 Å². The van der Waals surface area contributed by atoms with Crippen LogP contribution in [0.3, 0.4) is 0 Å². The van der Waals surface area contributed by atoms with Gasteiger partial charge < -0.3 is 13.9 Å². The maximum Gasteiger partial charge on any atom is 0.295 e. The number of aliphatic imine (C=N–C) groups is 1. The molecule has 28 heavy (non-hydrogen) atoms. The summed E-state index contributed by atoms with van der Waals surface area (Å²) in [5, 5.41) is 1.53. The van der Waals surface area contributed by atoms with Gasteiger partial charge in [0, 0.05) is 23.8 Å². The Hall–Kier alpha value is -2.93. The number of ether oxygens (including phenoxy) is 2. The van der Waals surface area contributed by atoms with Crippen LogP contribution in [0.4, 0.5) is 5.69 Å². The number of furan rings is 1. The first-order chi connectivity index (χ1) is 13.7. The molecular weight excluding hydrogens is 376 g/mol. The molecule has 1 saturated heterocycles. The van der Waals surface area contributed by atoms with Crippen molar-refractivity contribution in [3.63, 3.8) is 0 Å². The van der Waals surface area contributed by atoms with Gasteiger partial charge in [-0.2, -0.15) is 0 Å². The molecule has 0 atom stereocenters. The van der Waals surface area contributed by atoms with E-state index < -0.39 is 0 Å². The number of thioether (sulfide) groups is 1. The predicted octanol–water partition coefficient (Wildman–Crippen LogP) is 4.72. The molecule has 4 rings (SSSR count). The average molecular weight is 396 g/mol. The van der Waals surface area contributed by atoms with Gasteiger partial charge in [-0.15, -0.1) is 0 Å². The zero-order chi connectivity index (χ0) is 19.5. The molecule has 6 nitrogen and oxygen atoms in total. The van der Waals surface area contributed by atoms with Crippen molar-refractivity contribution in [3.05, 3.63) is 54.3 Å². The molecule has 0 spiro atoms. The van der Waals surface area contributed by atoms with Crippen LogP contribution in [-0.4, -0.2) is 42.5 Å². The summed E-state index contributed by atoms with van der Waals surface area (Å²) in [6.07, 6.45) is 0.894. The van der Waals surface area contributed by atoms with E-state index in [1.807, 2.05) is 30.3 Å². The Morgan fingerprint density at radius 2 is 2.00 bits per heavy atom. The molecule has 0 bridgehead atoms. The summed E-state index contributed by atoms with van der Waals surface area (Å²) >= 11 is 1.55. The minimum atomic E-state index is -0.191. The van der Waals surface area contributed by atoms with Crippen LogP contribution in [0.1, 0.15) is 17.0 Å². The summed E-state index contributed by atoms with van der Waals surface area (Å²) in [6, 6.07) is 14.8. The normalized spacial score (nSPS) is 15.8. The molecule has 1 fully saturated rings. The van der Waals surface area contributed by atoms with E-state index in [4.69, 9.17) is 18.9 Å². The summed E-state index contributed by atoms with van der Waals surface area (Å²) < 4.78 is 16.5. The summed E-state index contributed by atoms with van der Waals surface area (Å²) in [6.45, 7) is 0.591. The lowest BCUT2D eigenvalue weighted by atomic mass is 10.2. The highest BCUT2D eigenvalue weighted by molar-refractivity contribution is 8.13. The number of benzene rings is 2. The van der Waals surface area contributed by atoms with Crippen molar-refractivity contribution in [2.45, 2.75) is 6.42 Å². The highest BCUT2D eigenvalue weighted by atomic mass is 32.2. The van der Waals surface area contributed by atoms with Gasteiger partial charge in [-0.3, -0.25) is 9.69 Å². The largest absolute Gasteiger partial charge is 0.497 e. The number of amidine groups is 1. The minimum Gasteiger partial charge on any atom is -0.497 e. The molecule has 3 aromatic rings. The molecule has 7 heteroatoms. The second-order valence-electron chi connectivity index (χ2n) is 6.24. The van der Waals surface area contributed by atoms with Gasteiger partial charge >= 0.3 is 0 Å². The third-order valence-electron chi connectivity index (χ3n) is 4.47. The van der Waals surface area contributed by atoms with Crippen molar-refractivity contribution in [2.75, 3.05) is 26.5 Å². The topological polar surface area (TPSA) is 64.3 Å².